The van der Waals surface area contributed by atoms with Gasteiger partial charge in [0.1, 0.15) is 0 Å². The van der Waals surface area contributed by atoms with Crippen LogP contribution >= 0.6 is 24.0 Å². The Labute approximate surface area is 191 Å². The zero-order valence-electron chi connectivity index (χ0n) is 16.3. The second kappa shape index (κ2) is 10.1. The average Bonchev–Trinajstić information content (AvgIpc) is 2.70. The molecule has 2 aromatic rings. The number of nitrogens with one attached hydrogen (secondary N) is 2. The van der Waals surface area contributed by atoms with Gasteiger partial charge in [-0.2, -0.15) is 17.5 Å². The smallest absolute Gasteiger partial charge is 0.354 e. The van der Waals surface area contributed by atoms with E-state index in [0.29, 0.717) is 16.8 Å². The van der Waals surface area contributed by atoms with Crippen molar-refractivity contribution in [3.05, 3.63) is 48.0 Å². The van der Waals surface area contributed by atoms with Gasteiger partial charge in [-0.1, -0.05) is 42.5 Å². The lowest BCUT2D eigenvalue weighted by Gasteiger charge is -2.32. The van der Waals surface area contributed by atoms with Crippen molar-refractivity contribution in [3.63, 3.8) is 0 Å². The number of alkyl halides is 3. The van der Waals surface area contributed by atoms with E-state index in [1.165, 1.54) is 0 Å². The predicted octanol–water partition coefficient (Wildman–Crippen LogP) is 3.44. The minimum absolute atomic E-state index is 0. The summed E-state index contributed by atoms with van der Waals surface area (Å²) in [5, 5.41) is 8.65. The Morgan fingerprint density at radius 2 is 1.77 bits per heavy atom. The van der Waals surface area contributed by atoms with Gasteiger partial charge in [0.05, 0.1) is 0 Å². The Hall–Kier alpha value is -1.60. The molecule has 0 spiro atoms. The second-order valence-electron chi connectivity index (χ2n) is 6.83. The Morgan fingerprint density at radius 1 is 1.13 bits per heavy atom. The molecule has 30 heavy (non-hydrogen) atoms. The molecule has 0 aromatic heterocycles. The third-order valence-corrected chi connectivity index (χ3v) is 6.61. The van der Waals surface area contributed by atoms with Crippen molar-refractivity contribution in [3.8, 4) is 0 Å². The third kappa shape index (κ3) is 5.55. The van der Waals surface area contributed by atoms with Crippen LogP contribution in [-0.2, 0) is 16.6 Å². The lowest BCUT2D eigenvalue weighted by Crippen LogP contribution is -2.51. The fourth-order valence-corrected chi connectivity index (χ4v) is 4.38. The van der Waals surface area contributed by atoms with Gasteiger partial charge in [-0.25, -0.2) is 8.42 Å². The van der Waals surface area contributed by atoms with Crippen molar-refractivity contribution < 1.29 is 21.6 Å². The van der Waals surface area contributed by atoms with Crippen molar-refractivity contribution in [1.29, 1.82) is 0 Å². The molecular weight excluding hydrogens is 532 g/mol. The van der Waals surface area contributed by atoms with Gasteiger partial charge in [0.15, 0.2) is 5.96 Å². The Kier molecular flexibility index (Phi) is 8.34. The van der Waals surface area contributed by atoms with E-state index < -0.39 is 15.5 Å². The summed E-state index contributed by atoms with van der Waals surface area (Å²) in [6.45, 7) is 0.169. The summed E-state index contributed by atoms with van der Waals surface area (Å²) in [4.78, 5) is 4.17. The predicted molar refractivity (Wildman–Crippen MR) is 122 cm³/mol. The molecule has 0 unspecified atom stereocenters. The Morgan fingerprint density at radius 3 is 2.40 bits per heavy atom. The van der Waals surface area contributed by atoms with E-state index >= 15 is 0 Å². The first-order valence-electron chi connectivity index (χ1n) is 9.22. The minimum atomic E-state index is -5.26. The van der Waals surface area contributed by atoms with Crippen LogP contribution in [0.15, 0.2) is 47.5 Å². The van der Waals surface area contributed by atoms with Crippen LogP contribution in [-0.4, -0.2) is 50.4 Å². The molecule has 1 aliphatic heterocycles. The summed E-state index contributed by atoms with van der Waals surface area (Å²) in [5.74, 6) is 0.523. The molecule has 1 heterocycles. The standard InChI is InChI=1S/C19H23F3N4O2S.HI/c1-23-18(24-13-15-7-4-6-14-5-2-3-8-17(14)15)25-16-9-11-26(12-10-16)29(27,28)19(20,21)22;/h2-8,16H,9-13H2,1H3,(H2,23,24,25);1H. The molecule has 1 fully saturated rings. The zero-order chi connectivity index (χ0) is 21.1. The van der Waals surface area contributed by atoms with Gasteiger partial charge in [0.25, 0.3) is 0 Å². The molecule has 0 aliphatic carbocycles. The van der Waals surface area contributed by atoms with E-state index in [1.54, 1.807) is 7.05 Å². The van der Waals surface area contributed by atoms with E-state index in [1.807, 2.05) is 42.5 Å². The van der Waals surface area contributed by atoms with Crippen molar-refractivity contribution >= 4 is 50.7 Å². The summed E-state index contributed by atoms with van der Waals surface area (Å²) in [5.41, 5.74) is -4.17. The highest BCUT2D eigenvalue weighted by molar-refractivity contribution is 14.0. The summed E-state index contributed by atoms with van der Waals surface area (Å²) < 4.78 is 61.5. The second-order valence-corrected chi connectivity index (χ2v) is 8.76. The van der Waals surface area contributed by atoms with Crippen LogP contribution in [0.3, 0.4) is 0 Å². The largest absolute Gasteiger partial charge is 0.511 e. The highest BCUT2D eigenvalue weighted by atomic mass is 127. The number of hydrogen-bond acceptors (Lipinski definition) is 3. The third-order valence-electron chi connectivity index (χ3n) is 4.98. The number of benzene rings is 2. The highest BCUT2D eigenvalue weighted by Crippen LogP contribution is 2.29. The van der Waals surface area contributed by atoms with E-state index in [4.69, 9.17) is 0 Å². The van der Waals surface area contributed by atoms with Crippen molar-refractivity contribution in [2.75, 3.05) is 20.1 Å². The summed E-state index contributed by atoms with van der Waals surface area (Å²) in [7, 11) is -3.65. The van der Waals surface area contributed by atoms with Gasteiger partial charge < -0.3 is 10.6 Å². The maximum atomic E-state index is 12.7. The van der Waals surface area contributed by atoms with Crippen molar-refractivity contribution in [2.45, 2.75) is 30.9 Å². The van der Waals surface area contributed by atoms with Gasteiger partial charge in [-0.3, -0.25) is 4.99 Å². The van der Waals surface area contributed by atoms with Crippen LogP contribution in [0.4, 0.5) is 13.2 Å². The molecule has 1 aliphatic rings. The molecule has 3 rings (SSSR count). The first-order chi connectivity index (χ1) is 13.7. The molecule has 0 amide bonds. The van der Waals surface area contributed by atoms with Gasteiger partial charge >= 0.3 is 15.5 Å². The molecule has 1 saturated heterocycles. The zero-order valence-corrected chi connectivity index (χ0v) is 19.5. The molecule has 6 nitrogen and oxygen atoms in total. The Balaban J connectivity index is 0.00000320. The molecule has 0 radical (unpaired) electrons. The van der Waals surface area contributed by atoms with Crippen LogP contribution in [0.25, 0.3) is 10.8 Å². The normalized spacial score (nSPS) is 16.9. The lowest BCUT2D eigenvalue weighted by atomic mass is 10.0. The molecule has 0 saturated carbocycles. The maximum Gasteiger partial charge on any atom is 0.511 e. The van der Waals surface area contributed by atoms with E-state index in [0.717, 1.165) is 16.3 Å². The quantitative estimate of drug-likeness (QED) is 0.344. The number of sulfonamides is 1. The Bertz CT molecular complexity index is 985. The number of hydrogen-bond donors (Lipinski definition) is 2. The molecular formula is C19H24F3IN4O2S. The van der Waals surface area contributed by atoms with Gasteiger partial charge in [0, 0.05) is 32.7 Å². The van der Waals surface area contributed by atoms with Gasteiger partial charge in [-0.05, 0) is 29.2 Å². The van der Waals surface area contributed by atoms with Crippen LogP contribution in [0, 0.1) is 0 Å². The summed E-state index contributed by atoms with van der Waals surface area (Å²) in [6.07, 6.45) is 0.536. The number of nitrogens with zero attached hydrogens (tertiary/aromatic N) is 2. The van der Waals surface area contributed by atoms with Crippen LogP contribution in [0.2, 0.25) is 0 Å². The molecule has 2 N–H and O–H groups in total. The molecule has 0 atom stereocenters. The van der Waals surface area contributed by atoms with E-state index in [9.17, 15) is 21.6 Å². The summed E-state index contributed by atoms with van der Waals surface area (Å²) >= 11 is 0. The van der Waals surface area contributed by atoms with Crippen molar-refractivity contribution in [2.24, 2.45) is 4.99 Å². The van der Waals surface area contributed by atoms with Crippen molar-refractivity contribution in [1.82, 2.24) is 14.9 Å². The van der Waals surface area contributed by atoms with Crippen LogP contribution in [0.1, 0.15) is 18.4 Å². The SMILES string of the molecule is CN=C(NCc1cccc2ccccc12)NC1CCN(S(=O)(=O)C(F)(F)F)CC1.I. The fourth-order valence-electron chi connectivity index (χ4n) is 3.40. The monoisotopic (exact) mass is 556 g/mol. The van der Waals surface area contributed by atoms with Gasteiger partial charge in [-0.15, -0.1) is 24.0 Å². The number of aliphatic imine (C=N–C) groups is 1. The minimum Gasteiger partial charge on any atom is -0.354 e. The number of guanidine groups is 1. The van der Waals surface area contributed by atoms with E-state index in [-0.39, 0.29) is 55.9 Å². The topological polar surface area (TPSA) is 73.8 Å². The van der Waals surface area contributed by atoms with E-state index in [2.05, 4.69) is 15.6 Å². The number of fused-ring (bicyclic) bond motifs is 1. The van der Waals surface area contributed by atoms with Crippen LogP contribution < -0.4 is 10.6 Å². The number of piperidine rings is 1. The number of rotatable bonds is 4. The first-order valence-corrected chi connectivity index (χ1v) is 10.7. The fraction of sp³-hybridized carbons (Fsp3) is 0.421. The summed E-state index contributed by atoms with van der Waals surface area (Å²) in [6, 6.07) is 13.9. The first kappa shape index (κ1) is 24.7. The molecule has 0 bridgehead atoms. The van der Waals surface area contributed by atoms with Gasteiger partial charge in [0.2, 0.25) is 0 Å². The molecule has 166 valence electrons. The lowest BCUT2D eigenvalue weighted by molar-refractivity contribution is -0.0494. The van der Waals surface area contributed by atoms with Crippen LogP contribution in [0.5, 0.6) is 0 Å². The highest BCUT2D eigenvalue weighted by Gasteiger charge is 2.50. The number of halogens is 4. The molecule has 2 aromatic carbocycles. The average molecular weight is 556 g/mol. The molecule has 11 heteroatoms. The maximum absolute atomic E-state index is 12.7.